The van der Waals surface area contributed by atoms with Crippen LogP contribution in [0.2, 0.25) is 0 Å². The molecule has 0 heterocycles. The Balaban J connectivity index is 1.54. The lowest BCUT2D eigenvalue weighted by molar-refractivity contribution is -0.264. The fourth-order valence-electron chi connectivity index (χ4n) is 11.5. The van der Waals surface area contributed by atoms with Crippen LogP contribution in [0.15, 0.2) is 0 Å². The lowest BCUT2D eigenvalue weighted by Gasteiger charge is -2.75. The number of carbonyl (C=O) groups excluding carboxylic acids is 2. The van der Waals surface area contributed by atoms with Crippen LogP contribution in [0.4, 0.5) is 0 Å². The van der Waals surface area contributed by atoms with Gasteiger partial charge in [0.25, 0.3) is 0 Å². The average Bonchev–Trinajstić information content (AvgIpc) is 2.78. The molecule has 5 saturated carbocycles. The van der Waals surface area contributed by atoms with Gasteiger partial charge in [-0.05, 0) is 109 Å². The maximum absolute atomic E-state index is 12.8. The predicted molar refractivity (Wildman–Crippen MR) is 141 cm³/mol. The summed E-state index contributed by atoms with van der Waals surface area (Å²) < 4.78 is 5.83. The predicted octanol–water partition coefficient (Wildman–Crippen LogP) is 8.00. The molecule has 3 nitrogen and oxygen atoms in total. The van der Waals surface area contributed by atoms with E-state index in [4.69, 9.17) is 4.74 Å². The van der Waals surface area contributed by atoms with Gasteiger partial charge in [-0.3, -0.25) is 9.59 Å². The van der Waals surface area contributed by atoms with Gasteiger partial charge in [-0.2, -0.15) is 0 Å². The molecule has 0 aromatic rings. The Kier molecular flexibility index (Phi) is 5.76. The molecule has 3 heteroatoms. The molecule has 5 fully saturated rings. The molecule has 5 rings (SSSR count). The fraction of sp³-hybridized carbons (Fsp3) is 0.938. The zero-order valence-corrected chi connectivity index (χ0v) is 24.0. The second-order valence-corrected chi connectivity index (χ2v) is 15.8. The molecule has 0 aliphatic heterocycles. The molecule has 35 heavy (non-hydrogen) atoms. The summed E-state index contributed by atoms with van der Waals surface area (Å²) in [7, 11) is 0. The van der Waals surface area contributed by atoms with E-state index in [0.29, 0.717) is 40.5 Å². The minimum absolute atomic E-state index is 0.120. The van der Waals surface area contributed by atoms with E-state index in [1.165, 1.54) is 57.8 Å². The highest BCUT2D eigenvalue weighted by molar-refractivity contribution is 5.82. The molecule has 0 aromatic carbocycles. The van der Waals surface area contributed by atoms with Crippen molar-refractivity contribution in [1.29, 1.82) is 0 Å². The highest BCUT2D eigenvalue weighted by atomic mass is 16.5. The first kappa shape index (κ1) is 25.8. The van der Waals surface area contributed by atoms with E-state index in [1.807, 2.05) is 0 Å². The minimum Gasteiger partial charge on any atom is -0.465 e. The third kappa shape index (κ3) is 3.41. The molecule has 0 N–H and O–H groups in total. The van der Waals surface area contributed by atoms with Crippen LogP contribution in [0.3, 0.4) is 0 Å². The number of ketones is 1. The van der Waals surface area contributed by atoms with Gasteiger partial charge < -0.3 is 4.74 Å². The van der Waals surface area contributed by atoms with Crippen molar-refractivity contribution in [1.82, 2.24) is 0 Å². The number of hydrogen-bond acceptors (Lipinski definition) is 3. The Bertz CT molecular complexity index is 906. The molecule has 198 valence electrons. The molecule has 0 saturated heterocycles. The van der Waals surface area contributed by atoms with Crippen molar-refractivity contribution in [2.45, 2.75) is 126 Å². The zero-order chi connectivity index (χ0) is 25.7. The third-order valence-corrected chi connectivity index (χ3v) is 14.0. The van der Waals surface area contributed by atoms with Crippen LogP contribution in [0.25, 0.3) is 0 Å². The minimum atomic E-state index is -0.120. The van der Waals surface area contributed by atoms with Gasteiger partial charge in [0.2, 0.25) is 0 Å². The van der Waals surface area contributed by atoms with Crippen molar-refractivity contribution >= 4 is 11.8 Å². The summed E-state index contributed by atoms with van der Waals surface area (Å²) in [6.07, 6.45) is 13.1. The fourth-order valence-corrected chi connectivity index (χ4v) is 11.5. The molecule has 0 amide bonds. The second kappa shape index (κ2) is 7.83. The van der Waals surface area contributed by atoms with Gasteiger partial charge in [0, 0.05) is 24.7 Å². The van der Waals surface area contributed by atoms with Crippen molar-refractivity contribution < 1.29 is 14.3 Å². The van der Waals surface area contributed by atoms with E-state index in [0.717, 1.165) is 18.8 Å². The van der Waals surface area contributed by atoms with E-state index in [2.05, 4.69) is 48.5 Å². The van der Waals surface area contributed by atoms with Gasteiger partial charge in [0.05, 0.1) is 6.61 Å². The summed E-state index contributed by atoms with van der Waals surface area (Å²) in [6.45, 7) is 19.8. The largest absolute Gasteiger partial charge is 0.465 e. The number of rotatable bonds is 2. The van der Waals surface area contributed by atoms with Gasteiger partial charge >= 0.3 is 5.97 Å². The standard InChI is InChI=1S/C32H52O3/c1-21-23(34)9-10-24-28(21,5)12-11-25-29(24,6)14-15-31(8)26-19-27(3,4)13-17-32(26,20-35-22(2)33)18-16-30(25,31)7/h21,24-26H,9-20H2,1-8H3/t21-,24+,25-,26-,28+,29-,30+,31-,32+/m0/s1. The second-order valence-electron chi connectivity index (χ2n) is 15.8. The zero-order valence-electron chi connectivity index (χ0n) is 24.0. The molecule has 0 radical (unpaired) electrons. The molecule has 5 aliphatic carbocycles. The molecule has 0 aromatic heterocycles. The highest BCUT2D eigenvalue weighted by Crippen LogP contribution is 2.78. The third-order valence-electron chi connectivity index (χ3n) is 14.0. The molecule has 9 atom stereocenters. The summed E-state index contributed by atoms with van der Waals surface area (Å²) in [4.78, 5) is 24.7. The lowest BCUT2D eigenvalue weighted by atomic mass is 9.30. The smallest absolute Gasteiger partial charge is 0.302 e. The SMILES string of the molecule is CC(=O)OC[C@]12CCC(C)(C)C[C@H]1[C@]1(C)CC[C@@]3(C)[C@@H]4CCC(=O)[C@H](C)[C@@]4(C)CC[C@@H]3[C@@]1(C)CC2. The summed E-state index contributed by atoms with van der Waals surface area (Å²) in [5.41, 5.74) is 1.59. The lowest BCUT2D eigenvalue weighted by Crippen LogP contribution is -2.68. The Morgan fingerprint density at radius 3 is 2.11 bits per heavy atom. The molecule has 5 aliphatic rings. The first-order valence-corrected chi connectivity index (χ1v) is 14.8. The number of fused-ring (bicyclic) bond motifs is 7. The molecule has 0 bridgehead atoms. The first-order chi connectivity index (χ1) is 16.1. The monoisotopic (exact) mass is 484 g/mol. The van der Waals surface area contributed by atoms with E-state index in [1.54, 1.807) is 6.92 Å². The number of esters is 1. The first-order valence-electron chi connectivity index (χ1n) is 14.8. The number of hydrogen-bond donors (Lipinski definition) is 0. The molecular formula is C32H52O3. The van der Waals surface area contributed by atoms with Crippen molar-refractivity contribution in [2.24, 2.45) is 56.2 Å². The highest BCUT2D eigenvalue weighted by Gasteiger charge is 2.71. The van der Waals surface area contributed by atoms with Crippen LogP contribution < -0.4 is 0 Å². The van der Waals surface area contributed by atoms with E-state index < -0.39 is 0 Å². The van der Waals surface area contributed by atoms with Gasteiger partial charge in [-0.15, -0.1) is 0 Å². The van der Waals surface area contributed by atoms with Gasteiger partial charge in [0.15, 0.2) is 0 Å². The van der Waals surface area contributed by atoms with Crippen LogP contribution in [0.1, 0.15) is 126 Å². The molecule has 0 unspecified atom stereocenters. The van der Waals surface area contributed by atoms with Crippen LogP contribution in [0.5, 0.6) is 0 Å². The number of ether oxygens (including phenoxy) is 1. The normalized spacial score (nSPS) is 53.0. The van der Waals surface area contributed by atoms with Crippen molar-refractivity contribution in [2.75, 3.05) is 6.61 Å². The summed E-state index contributed by atoms with van der Waals surface area (Å²) in [5, 5.41) is 0. The Morgan fingerprint density at radius 1 is 0.800 bits per heavy atom. The quantitative estimate of drug-likeness (QED) is 0.373. The number of Topliss-reactive ketones (excluding diaryl/α,β-unsaturated/α-hetero) is 1. The Morgan fingerprint density at radius 2 is 1.43 bits per heavy atom. The van der Waals surface area contributed by atoms with Crippen LogP contribution in [-0.2, 0) is 14.3 Å². The van der Waals surface area contributed by atoms with Crippen LogP contribution in [-0.4, -0.2) is 18.4 Å². The van der Waals surface area contributed by atoms with Crippen LogP contribution in [0, 0.1) is 56.2 Å². The maximum atomic E-state index is 12.8. The summed E-state index contributed by atoms with van der Waals surface area (Å²) in [6, 6.07) is 0. The topological polar surface area (TPSA) is 43.4 Å². The van der Waals surface area contributed by atoms with Crippen molar-refractivity contribution in [3.63, 3.8) is 0 Å². The maximum Gasteiger partial charge on any atom is 0.302 e. The van der Waals surface area contributed by atoms with Crippen LogP contribution >= 0.6 is 0 Å². The summed E-state index contributed by atoms with van der Waals surface area (Å²) >= 11 is 0. The van der Waals surface area contributed by atoms with Crippen molar-refractivity contribution in [3.05, 3.63) is 0 Å². The van der Waals surface area contributed by atoms with Gasteiger partial charge in [-0.1, -0.05) is 48.5 Å². The van der Waals surface area contributed by atoms with Crippen molar-refractivity contribution in [3.8, 4) is 0 Å². The van der Waals surface area contributed by atoms with E-state index >= 15 is 0 Å². The van der Waals surface area contributed by atoms with E-state index in [-0.39, 0.29) is 28.1 Å². The van der Waals surface area contributed by atoms with E-state index in [9.17, 15) is 9.59 Å². The Hall–Kier alpha value is -0.860. The molecule has 0 spiro atoms. The van der Waals surface area contributed by atoms with Gasteiger partial charge in [-0.25, -0.2) is 0 Å². The summed E-state index contributed by atoms with van der Waals surface area (Å²) in [5.74, 6) is 2.60. The average molecular weight is 485 g/mol. The molecular weight excluding hydrogens is 432 g/mol. The number of carbonyl (C=O) groups is 2. The Labute approximate surface area is 214 Å². The van der Waals surface area contributed by atoms with Gasteiger partial charge in [0.1, 0.15) is 5.78 Å².